The first kappa shape index (κ1) is 14.4. The van der Waals surface area contributed by atoms with E-state index in [0.717, 1.165) is 39.6 Å². The van der Waals surface area contributed by atoms with Gasteiger partial charge in [0.2, 0.25) is 0 Å². The Kier molecular flexibility index (Phi) is 5.10. The van der Waals surface area contributed by atoms with E-state index in [1.807, 2.05) is 6.92 Å². The Morgan fingerprint density at radius 3 is 2.44 bits per heavy atom. The number of halogens is 2. The molecule has 2 nitrogen and oxygen atoms in total. The van der Waals surface area contributed by atoms with Crippen LogP contribution in [0.2, 0.25) is 0 Å². The summed E-state index contributed by atoms with van der Waals surface area (Å²) in [5.41, 5.74) is 1.27. The average Bonchev–Trinajstić information content (AvgIpc) is 3.00. The Hall–Kier alpha value is -0.0600. The van der Waals surface area contributed by atoms with Crippen LogP contribution in [0.1, 0.15) is 25.8 Å². The van der Waals surface area contributed by atoms with Crippen LogP contribution < -0.4 is 10.1 Å². The third-order valence-electron chi connectivity index (χ3n) is 3.36. The Balaban J connectivity index is 1.92. The number of rotatable bonds is 6. The van der Waals surface area contributed by atoms with Crippen molar-refractivity contribution in [3.8, 4) is 5.75 Å². The van der Waals surface area contributed by atoms with Gasteiger partial charge in [-0.15, -0.1) is 0 Å². The summed E-state index contributed by atoms with van der Waals surface area (Å²) in [5.74, 6) is 2.69. The fourth-order valence-electron chi connectivity index (χ4n) is 2.08. The van der Waals surface area contributed by atoms with Crippen molar-refractivity contribution in [2.45, 2.75) is 26.8 Å². The van der Waals surface area contributed by atoms with Crippen LogP contribution in [0.5, 0.6) is 5.75 Å². The summed E-state index contributed by atoms with van der Waals surface area (Å²) in [6.45, 7) is 7.02. The first-order valence-electron chi connectivity index (χ1n) is 6.43. The van der Waals surface area contributed by atoms with Gasteiger partial charge in [-0.3, -0.25) is 0 Å². The van der Waals surface area contributed by atoms with Gasteiger partial charge in [0.25, 0.3) is 0 Å². The molecule has 100 valence electrons. The van der Waals surface area contributed by atoms with Crippen molar-refractivity contribution in [1.82, 2.24) is 5.32 Å². The Morgan fingerprint density at radius 2 is 1.94 bits per heavy atom. The van der Waals surface area contributed by atoms with E-state index in [4.69, 9.17) is 4.74 Å². The minimum absolute atomic E-state index is 0.675. The van der Waals surface area contributed by atoms with Gasteiger partial charge >= 0.3 is 0 Å². The summed E-state index contributed by atoms with van der Waals surface area (Å²) in [7, 11) is 0. The van der Waals surface area contributed by atoms with Gasteiger partial charge in [0, 0.05) is 6.54 Å². The SMILES string of the molecule is CCOc1c(Br)cc(CNCC2CC2C)cc1Br. The zero-order chi connectivity index (χ0) is 13.1. The molecule has 1 aromatic rings. The molecule has 1 aromatic carbocycles. The fourth-order valence-corrected chi connectivity index (χ4v) is 3.59. The van der Waals surface area contributed by atoms with E-state index in [9.17, 15) is 0 Å². The first-order chi connectivity index (χ1) is 8.61. The monoisotopic (exact) mass is 375 g/mol. The minimum Gasteiger partial charge on any atom is -0.492 e. The van der Waals surface area contributed by atoms with Crippen molar-refractivity contribution in [1.29, 1.82) is 0 Å². The lowest BCUT2D eigenvalue weighted by molar-refractivity contribution is 0.336. The van der Waals surface area contributed by atoms with Gasteiger partial charge < -0.3 is 10.1 Å². The molecule has 0 aromatic heterocycles. The molecule has 2 atom stereocenters. The molecule has 0 saturated heterocycles. The topological polar surface area (TPSA) is 21.3 Å². The van der Waals surface area contributed by atoms with Gasteiger partial charge in [0.05, 0.1) is 15.6 Å². The molecule has 1 saturated carbocycles. The Morgan fingerprint density at radius 1 is 1.33 bits per heavy atom. The summed E-state index contributed by atoms with van der Waals surface area (Å²) < 4.78 is 7.59. The summed E-state index contributed by atoms with van der Waals surface area (Å²) in [6.07, 6.45) is 1.38. The third-order valence-corrected chi connectivity index (χ3v) is 4.54. The average molecular weight is 377 g/mol. The van der Waals surface area contributed by atoms with Gasteiger partial charge in [-0.1, -0.05) is 6.92 Å². The van der Waals surface area contributed by atoms with Crippen molar-refractivity contribution in [3.05, 3.63) is 26.6 Å². The molecule has 0 spiro atoms. The van der Waals surface area contributed by atoms with E-state index in [0.29, 0.717) is 6.61 Å². The molecule has 1 aliphatic carbocycles. The quantitative estimate of drug-likeness (QED) is 0.796. The molecule has 2 rings (SSSR count). The smallest absolute Gasteiger partial charge is 0.147 e. The lowest BCUT2D eigenvalue weighted by Crippen LogP contribution is -2.16. The number of benzene rings is 1. The molecule has 1 aliphatic rings. The molecule has 1 N–H and O–H groups in total. The normalized spacial score (nSPS) is 22.0. The van der Waals surface area contributed by atoms with Gasteiger partial charge in [0.1, 0.15) is 5.75 Å². The van der Waals surface area contributed by atoms with Crippen LogP contribution >= 0.6 is 31.9 Å². The molecule has 0 heterocycles. The number of nitrogens with one attached hydrogen (secondary N) is 1. The van der Waals surface area contributed by atoms with E-state index in [1.165, 1.54) is 12.0 Å². The van der Waals surface area contributed by atoms with Gasteiger partial charge in [-0.05, 0) is 81.3 Å². The highest BCUT2D eigenvalue weighted by molar-refractivity contribution is 9.11. The van der Waals surface area contributed by atoms with E-state index in [2.05, 4.69) is 56.2 Å². The maximum absolute atomic E-state index is 5.58. The summed E-state index contributed by atoms with van der Waals surface area (Å²) in [6, 6.07) is 4.25. The lowest BCUT2D eigenvalue weighted by Gasteiger charge is -2.11. The van der Waals surface area contributed by atoms with Gasteiger partial charge in [0.15, 0.2) is 0 Å². The van der Waals surface area contributed by atoms with E-state index >= 15 is 0 Å². The molecular formula is C14H19Br2NO. The zero-order valence-electron chi connectivity index (χ0n) is 10.8. The molecule has 2 unspecified atom stereocenters. The minimum atomic E-state index is 0.675. The van der Waals surface area contributed by atoms with Crippen LogP contribution in [0.15, 0.2) is 21.1 Å². The predicted molar refractivity (Wildman–Crippen MR) is 82.0 cm³/mol. The van der Waals surface area contributed by atoms with Crippen LogP contribution in [-0.2, 0) is 6.54 Å². The predicted octanol–water partition coefficient (Wildman–Crippen LogP) is 4.36. The van der Waals surface area contributed by atoms with Crippen LogP contribution in [0, 0.1) is 11.8 Å². The summed E-state index contributed by atoms with van der Waals surface area (Å²) in [5, 5.41) is 3.52. The van der Waals surface area contributed by atoms with Crippen LogP contribution in [0.3, 0.4) is 0 Å². The maximum Gasteiger partial charge on any atom is 0.147 e. The molecule has 0 aliphatic heterocycles. The lowest BCUT2D eigenvalue weighted by atomic mass is 10.2. The van der Waals surface area contributed by atoms with Crippen LogP contribution in [-0.4, -0.2) is 13.2 Å². The second-order valence-electron chi connectivity index (χ2n) is 4.93. The van der Waals surface area contributed by atoms with Crippen molar-refractivity contribution in [3.63, 3.8) is 0 Å². The van der Waals surface area contributed by atoms with Crippen molar-refractivity contribution in [2.24, 2.45) is 11.8 Å². The fraction of sp³-hybridized carbons (Fsp3) is 0.571. The second kappa shape index (κ2) is 6.40. The largest absolute Gasteiger partial charge is 0.492 e. The molecular weight excluding hydrogens is 358 g/mol. The van der Waals surface area contributed by atoms with Crippen LogP contribution in [0.25, 0.3) is 0 Å². The molecule has 0 radical (unpaired) electrons. The van der Waals surface area contributed by atoms with Crippen molar-refractivity contribution in [2.75, 3.05) is 13.2 Å². The van der Waals surface area contributed by atoms with Gasteiger partial charge in [-0.2, -0.15) is 0 Å². The van der Waals surface area contributed by atoms with Crippen molar-refractivity contribution >= 4 is 31.9 Å². The molecule has 0 amide bonds. The molecule has 1 fully saturated rings. The number of ether oxygens (including phenoxy) is 1. The first-order valence-corrected chi connectivity index (χ1v) is 8.01. The Labute approximate surface area is 126 Å². The highest BCUT2D eigenvalue weighted by atomic mass is 79.9. The van der Waals surface area contributed by atoms with Crippen LogP contribution in [0.4, 0.5) is 0 Å². The maximum atomic E-state index is 5.58. The standard InChI is InChI=1S/C14H19Br2NO/c1-3-18-14-12(15)5-10(6-13(14)16)7-17-8-11-4-9(11)2/h5-6,9,11,17H,3-4,7-8H2,1-2H3. The zero-order valence-corrected chi connectivity index (χ0v) is 14.0. The van der Waals surface area contributed by atoms with E-state index in [-0.39, 0.29) is 0 Å². The molecule has 0 bridgehead atoms. The Bertz CT molecular complexity index is 399. The van der Waals surface area contributed by atoms with Crippen molar-refractivity contribution < 1.29 is 4.74 Å². The third kappa shape index (κ3) is 3.72. The summed E-state index contributed by atoms with van der Waals surface area (Å²) in [4.78, 5) is 0. The molecule has 18 heavy (non-hydrogen) atoms. The number of hydrogen-bond acceptors (Lipinski definition) is 2. The van der Waals surface area contributed by atoms with E-state index < -0.39 is 0 Å². The molecule has 4 heteroatoms. The number of hydrogen-bond donors (Lipinski definition) is 1. The highest BCUT2D eigenvalue weighted by Crippen LogP contribution is 2.37. The van der Waals surface area contributed by atoms with Gasteiger partial charge in [-0.25, -0.2) is 0 Å². The second-order valence-corrected chi connectivity index (χ2v) is 6.63. The summed E-state index contributed by atoms with van der Waals surface area (Å²) >= 11 is 7.12. The highest BCUT2D eigenvalue weighted by Gasteiger charge is 2.31. The van der Waals surface area contributed by atoms with E-state index in [1.54, 1.807) is 0 Å².